The highest BCUT2D eigenvalue weighted by Gasteiger charge is 2.27. The first-order valence-corrected chi connectivity index (χ1v) is 12.8. The molecule has 2 heterocycles. The molecular formula is C22H33IN4O2S2. The molecule has 0 saturated carbocycles. The maximum absolute atomic E-state index is 13.2. The molecule has 0 bridgehead atoms. The summed E-state index contributed by atoms with van der Waals surface area (Å²) in [6, 6.07) is 11.8. The number of nitrogens with one attached hydrogen (secondary N) is 2. The number of guanidine groups is 1. The predicted octanol–water partition coefficient (Wildman–Crippen LogP) is 4.15. The molecule has 1 aliphatic heterocycles. The van der Waals surface area contributed by atoms with Crippen LogP contribution in [-0.4, -0.2) is 44.9 Å². The number of sulfonamides is 1. The fourth-order valence-corrected chi connectivity index (χ4v) is 6.46. The van der Waals surface area contributed by atoms with Gasteiger partial charge in [0.2, 0.25) is 10.0 Å². The number of hydrogen-bond donors (Lipinski definition) is 2. The quantitative estimate of drug-likeness (QED) is 0.295. The molecule has 1 fully saturated rings. The third-order valence-electron chi connectivity index (χ3n) is 5.26. The van der Waals surface area contributed by atoms with Gasteiger partial charge in [0.15, 0.2) is 5.96 Å². The fraction of sp³-hybridized carbons (Fsp3) is 0.500. The number of thiophene rings is 1. The van der Waals surface area contributed by atoms with Crippen molar-refractivity contribution in [1.82, 2.24) is 14.9 Å². The van der Waals surface area contributed by atoms with Crippen LogP contribution in [-0.2, 0) is 23.0 Å². The molecule has 172 valence electrons. The van der Waals surface area contributed by atoms with Gasteiger partial charge in [-0.1, -0.05) is 24.6 Å². The number of hydrogen-bond acceptors (Lipinski definition) is 4. The second-order valence-electron chi connectivity index (χ2n) is 7.76. The van der Waals surface area contributed by atoms with Gasteiger partial charge in [0.25, 0.3) is 0 Å². The number of rotatable bonds is 7. The lowest BCUT2D eigenvalue weighted by molar-refractivity contribution is 0.346. The second-order valence-corrected chi connectivity index (χ2v) is 11.0. The van der Waals surface area contributed by atoms with Crippen LogP contribution in [0.1, 0.15) is 41.5 Å². The summed E-state index contributed by atoms with van der Waals surface area (Å²) >= 11 is 1.81. The van der Waals surface area contributed by atoms with Crippen LogP contribution in [0.25, 0.3) is 0 Å². The Hall–Kier alpha value is -1.17. The van der Waals surface area contributed by atoms with Crippen LogP contribution in [0.15, 0.2) is 46.3 Å². The van der Waals surface area contributed by atoms with Crippen molar-refractivity contribution in [3.8, 4) is 0 Å². The Morgan fingerprint density at radius 1 is 1.16 bits per heavy atom. The van der Waals surface area contributed by atoms with E-state index in [0.29, 0.717) is 30.5 Å². The van der Waals surface area contributed by atoms with E-state index >= 15 is 0 Å². The third-order valence-corrected chi connectivity index (χ3v) is 8.28. The molecule has 0 spiro atoms. The average molecular weight is 577 g/mol. The molecule has 0 aliphatic carbocycles. The summed E-state index contributed by atoms with van der Waals surface area (Å²) in [4.78, 5) is 7.34. The first kappa shape index (κ1) is 26.1. The van der Waals surface area contributed by atoms with Crippen LogP contribution < -0.4 is 10.6 Å². The maximum atomic E-state index is 13.2. The van der Waals surface area contributed by atoms with Gasteiger partial charge in [0, 0.05) is 48.9 Å². The zero-order valence-corrected chi connectivity index (χ0v) is 22.4. The Balaban J connectivity index is 0.00000341. The monoisotopic (exact) mass is 576 g/mol. The van der Waals surface area contributed by atoms with Crippen LogP contribution >= 0.6 is 35.3 Å². The van der Waals surface area contributed by atoms with Gasteiger partial charge < -0.3 is 10.6 Å². The predicted molar refractivity (Wildman–Crippen MR) is 140 cm³/mol. The van der Waals surface area contributed by atoms with E-state index in [1.54, 1.807) is 23.5 Å². The molecule has 2 N–H and O–H groups in total. The number of aliphatic imine (C=N–C) groups is 1. The van der Waals surface area contributed by atoms with Crippen LogP contribution in [0.2, 0.25) is 0 Å². The van der Waals surface area contributed by atoms with E-state index in [1.807, 2.05) is 23.5 Å². The lowest BCUT2D eigenvalue weighted by Crippen LogP contribution is -2.43. The summed E-state index contributed by atoms with van der Waals surface area (Å²) < 4.78 is 27.9. The van der Waals surface area contributed by atoms with E-state index < -0.39 is 10.0 Å². The van der Waals surface area contributed by atoms with Crippen LogP contribution in [0, 0.1) is 6.92 Å². The summed E-state index contributed by atoms with van der Waals surface area (Å²) in [5, 5.41) is 6.68. The highest BCUT2D eigenvalue weighted by atomic mass is 127. The van der Waals surface area contributed by atoms with Crippen LogP contribution in [0.4, 0.5) is 0 Å². The molecule has 0 radical (unpaired) electrons. The van der Waals surface area contributed by atoms with Crippen molar-refractivity contribution in [2.45, 2.75) is 57.0 Å². The van der Waals surface area contributed by atoms with Gasteiger partial charge in [-0.25, -0.2) is 8.42 Å². The fourth-order valence-electron chi connectivity index (χ4n) is 3.70. The van der Waals surface area contributed by atoms with Gasteiger partial charge in [-0.2, -0.15) is 4.31 Å². The van der Waals surface area contributed by atoms with Crippen molar-refractivity contribution >= 4 is 51.3 Å². The lowest BCUT2D eigenvalue weighted by atomic mass is 10.2. The number of aryl methyl sites for hydroxylation is 1. The smallest absolute Gasteiger partial charge is 0.243 e. The average Bonchev–Trinajstić information content (AvgIpc) is 3.16. The summed E-state index contributed by atoms with van der Waals surface area (Å²) in [5.41, 5.74) is 0.757. The van der Waals surface area contributed by atoms with Crippen molar-refractivity contribution in [3.63, 3.8) is 0 Å². The molecule has 9 heteroatoms. The minimum Gasteiger partial charge on any atom is -0.354 e. The lowest BCUT2D eigenvalue weighted by Gasteiger charge is -2.27. The number of benzene rings is 1. The first-order valence-electron chi connectivity index (χ1n) is 10.5. The normalized spacial score (nSPS) is 16.4. The molecule has 1 saturated heterocycles. The van der Waals surface area contributed by atoms with E-state index in [0.717, 1.165) is 31.2 Å². The standard InChI is InChI=1S/C22H32N4O2S2.HI/c1-17(15-20-12-11-18(2)29-20)25-22(23-3)24-16-19-9-5-6-10-21(19)30(27,28)26-13-7-4-8-14-26;/h5-6,9-12,17H,4,7-8,13-16H2,1-3H3,(H2,23,24,25);1H. The summed E-state index contributed by atoms with van der Waals surface area (Å²) in [7, 11) is -1.74. The van der Waals surface area contributed by atoms with E-state index in [4.69, 9.17) is 0 Å². The molecular weight excluding hydrogens is 543 g/mol. The minimum atomic E-state index is -3.47. The zero-order valence-electron chi connectivity index (χ0n) is 18.4. The van der Waals surface area contributed by atoms with Crippen LogP contribution in [0.3, 0.4) is 0 Å². The van der Waals surface area contributed by atoms with Gasteiger partial charge in [-0.15, -0.1) is 35.3 Å². The molecule has 1 atom stereocenters. The van der Waals surface area contributed by atoms with E-state index in [1.165, 1.54) is 9.75 Å². The number of halogens is 1. The minimum absolute atomic E-state index is 0. The second kappa shape index (κ2) is 12.2. The van der Waals surface area contributed by atoms with Gasteiger partial charge in [-0.3, -0.25) is 4.99 Å². The Morgan fingerprint density at radius 2 is 1.87 bits per heavy atom. The molecule has 6 nitrogen and oxygen atoms in total. The van der Waals surface area contributed by atoms with E-state index in [9.17, 15) is 8.42 Å². The summed E-state index contributed by atoms with van der Waals surface area (Å²) in [6.45, 7) is 5.84. The molecule has 1 unspecified atom stereocenters. The highest BCUT2D eigenvalue weighted by molar-refractivity contribution is 14.0. The molecule has 1 aromatic heterocycles. The van der Waals surface area contributed by atoms with Crippen molar-refractivity contribution in [1.29, 1.82) is 0 Å². The van der Waals surface area contributed by atoms with Crippen molar-refractivity contribution < 1.29 is 8.42 Å². The van der Waals surface area contributed by atoms with Crippen molar-refractivity contribution in [2.75, 3.05) is 20.1 Å². The Bertz CT molecular complexity index is 969. The Labute approximate surface area is 207 Å². The van der Waals surface area contributed by atoms with Crippen LogP contribution in [0.5, 0.6) is 0 Å². The third kappa shape index (κ3) is 7.16. The number of nitrogens with zero attached hydrogens (tertiary/aromatic N) is 2. The molecule has 3 rings (SSSR count). The maximum Gasteiger partial charge on any atom is 0.243 e. The van der Waals surface area contributed by atoms with E-state index in [2.05, 4.69) is 41.6 Å². The van der Waals surface area contributed by atoms with Gasteiger partial charge in [0.1, 0.15) is 0 Å². The Kier molecular flexibility index (Phi) is 10.2. The van der Waals surface area contributed by atoms with Gasteiger partial charge in [0.05, 0.1) is 4.90 Å². The zero-order chi connectivity index (χ0) is 21.6. The molecule has 0 amide bonds. The van der Waals surface area contributed by atoms with Gasteiger partial charge >= 0.3 is 0 Å². The topological polar surface area (TPSA) is 73.8 Å². The summed E-state index contributed by atoms with van der Waals surface area (Å²) in [6.07, 6.45) is 3.87. The first-order chi connectivity index (χ1) is 14.4. The molecule has 1 aromatic carbocycles. The molecule has 31 heavy (non-hydrogen) atoms. The SMILES string of the molecule is CN=C(NCc1ccccc1S(=O)(=O)N1CCCCC1)NC(C)Cc1ccc(C)s1.I. The van der Waals surface area contributed by atoms with Crippen molar-refractivity contribution in [2.24, 2.45) is 4.99 Å². The van der Waals surface area contributed by atoms with Gasteiger partial charge in [-0.05, 0) is 50.5 Å². The van der Waals surface area contributed by atoms with Crippen molar-refractivity contribution in [3.05, 3.63) is 51.7 Å². The number of piperidine rings is 1. The molecule has 1 aliphatic rings. The highest BCUT2D eigenvalue weighted by Crippen LogP contribution is 2.23. The summed E-state index contributed by atoms with van der Waals surface area (Å²) in [5.74, 6) is 0.668. The molecule has 2 aromatic rings. The van der Waals surface area contributed by atoms with E-state index in [-0.39, 0.29) is 30.0 Å². The Morgan fingerprint density at radius 3 is 2.52 bits per heavy atom. The largest absolute Gasteiger partial charge is 0.354 e.